The Bertz CT molecular complexity index is 707. The largest absolute Gasteiger partial charge is 0.465 e. The zero-order chi connectivity index (χ0) is 15.6. The minimum Gasteiger partial charge on any atom is -0.465 e. The average molecular weight is 358 g/mol. The molecule has 0 aromatic heterocycles. The van der Waals surface area contributed by atoms with Crippen LogP contribution in [0.3, 0.4) is 0 Å². The lowest BCUT2D eigenvalue weighted by Crippen LogP contribution is -2.06. The number of ether oxygens (including phenoxy) is 2. The van der Waals surface area contributed by atoms with Gasteiger partial charge in [0.15, 0.2) is 17.3 Å². The standard InChI is InChI=1S/C14H10BrF2NO3/c1-20-14(19)8-3-2-4-10(18)13(8)21-11-6-7(15)5-9(16)12(11)17/h2-6H,18H2,1H3. The molecular formula is C14H10BrF2NO3. The number of nitrogens with two attached hydrogens (primary N) is 1. The third-order valence-electron chi connectivity index (χ3n) is 2.62. The van der Waals surface area contributed by atoms with Crippen LogP contribution in [-0.2, 0) is 4.74 Å². The van der Waals surface area contributed by atoms with E-state index in [1.165, 1.54) is 31.4 Å². The number of anilines is 1. The molecule has 0 aliphatic rings. The van der Waals surface area contributed by atoms with Gasteiger partial charge in [-0.15, -0.1) is 0 Å². The third-order valence-corrected chi connectivity index (χ3v) is 3.08. The first-order valence-corrected chi connectivity index (χ1v) is 6.52. The summed E-state index contributed by atoms with van der Waals surface area (Å²) in [5.41, 5.74) is 5.83. The molecule has 0 saturated heterocycles. The molecule has 0 amide bonds. The molecule has 2 rings (SSSR count). The Morgan fingerprint density at radius 2 is 2.00 bits per heavy atom. The van der Waals surface area contributed by atoms with Crippen molar-refractivity contribution in [2.24, 2.45) is 0 Å². The molecule has 0 radical (unpaired) electrons. The van der Waals surface area contributed by atoms with Gasteiger partial charge in [0.2, 0.25) is 5.82 Å². The molecule has 0 heterocycles. The van der Waals surface area contributed by atoms with Crippen LogP contribution in [0, 0.1) is 11.6 Å². The summed E-state index contributed by atoms with van der Waals surface area (Å²) < 4.78 is 37.3. The number of rotatable bonds is 3. The molecular weight excluding hydrogens is 348 g/mol. The number of benzene rings is 2. The highest BCUT2D eigenvalue weighted by Gasteiger charge is 2.19. The number of halogens is 3. The van der Waals surface area contributed by atoms with Crippen LogP contribution in [0.1, 0.15) is 10.4 Å². The van der Waals surface area contributed by atoms with Crippen LogP contribution in [0.2, 0.25) is 0 Å². The van der Waals surface area contributed by atoms with E-state index in [-0.39, 0.29) is 21.5 Å². The second-order valence-corrected chi connectivity index (χ2v) is 4.93. The van der Waals surface area contributed by atoms with Gasteiger partial charge in [-0.2, -0.15) is 4.39 Å². The van der Waals surface area contributed by atoms with E-state index in [1.807, 2.05) is 0 Å². The molecule has 110 valence electrons. The molecule has 0 atom stereocenters. The topological polar surface area (TPSA) is 61.5 Å². The van der Waals surface area contributed by atoms with E-state index in [1.54, 1.807) is 0 Å². The fourth-order valence-electron chi connectivity index (χ4n) is 1.66. The highest BCUT2D eigenvalue weighted by atomic mass is 79.9. The summed E-state index contributed by atoms with van der Waals surface area (Å²) in [6.07, 6.45) is 0. The second-order valence-electron chi connectivity index (χ2n) is 4.02. The Hall–Kier alpha value is -2.15. The Kier molecular flexibility index (Phi) is 4.42. The van der Waals surface area contributed by atoms with Crippen molar-refractivity contribution in [2.75, 3.05) is 12.8 Å². The molecule has 0 bridgehead atoms. The van der Waals surface area contributed by atoms with Gasteiger partial charge < -0.3 is 15.2 Å². The second kappa shape index (κ2) is 6.09. The monoisotopic (exact) mass is 357 g/mol. The quantitative estimate of drug-likeness (QED) is 0.514. The molecule has 2 aromatic carbocycles. The summed E-state index contributed by atoms with van der Waals surface area (Å²) in [7, 11) is 1.19. The van der Waals surface area contributed by atoms with Crippen molar-refractivity contribution in [1.82, 2.24) is 0 Å². The summed E-state index contributed by atoms with van der Waals surface area (Å²) >= 11 is 3.03. The van der Waals surface area contributed by atoms with Crippen LogP contribution in [0.4, 0.5) is 14.5 Å². The number of para-hydroxylation sites is 1. The molecule has 21 heavy (non-hydrogen) atoms. The highest BCUT2D eigenvalue weighted by Crippen LogP contribution is 2.35. The van der Waals surface area contributed by atoms with Crippen molar-refractivity contribution in [3.8, 4) is 11.5 Å². The van der Waals surface area contributed by atoms with E-state index in [4.69, 9.17) is 10.5 Å². The first-order chi connectivity index (χ1) is 9.93. The molecule has 0 aliphatic carbocycles. The SMILES string of the molecule is COC(=O)c1cccc(N)c1Oc1cc(Br)cc(F)c1F. The van der Waals surface area contributed by atoms with E-state index >= 15 is 0 Å². The fraction of sp³-hybridized carbons (Fsp3) is 0.0714. The van der Waals surface area contributed by atoms with Gasteiger partial charge in [-0.1, -0.05) is 22.0 Å². The van der Waals surface area contributed by atoms with Crippen molar-refractivity contribution in [1.29, 1.82) is 0 Å². The van der Waals surface area contributed by atoms with Gasteiger partial charge >= 0.3 is 5.97 Å². The van der Waals surface area contributed by atoms with Gasteiger partial charge in [0.25, 0.3) is 0 Å². The van der Waals surface area contributed by atoms with Crippen molar-refractivity contribution in [2.45, 2.75) is 0 Å². The van der Waals surface area contributed by atoms with Crippen LogP contribution < -0.4 is 10.5 Å². The van der Waals surface area contributed by atoms with Gasteiger partial charge in [-0.3, -0.25) is 0 Å². The predicted octanol–water partition coefficient (Wildman–Crippen LogP) is 3.89. The van der Waals surface area contributed by atoms with E-state index in [2.05, 4.69) is 20.7 Å². The summed E-state index contributed by atoms with van der Waals surface area (Å²) in [6, 6.07) is 6.58. The molecule has 0 saturated carbocycles. The van der Waals surface area contributed by atoms with E-state index < -0.39 is 23.4 Å². The first kappa shape index (κ1) is 15.2. The summed E-state index contributed by atoms with van der Waals surface area (Å²) in [5.74, 6) is -3.47. The lowest BCUT2D eigenvalue weighted by Gasteiger charge is -2.13. The number of carbonyl (C=O) groups excluding carboxylic acids is 1. The van der Waals surface area contributed by atoms with Crippen molar-refractivity contribution < 1.29 is 23.0 Å². The van der Waals surface area contributed by atoms with Gasteiger partial charge in [0.05, 0.1) is 12.8 Å². The zero-order valence-corrected chi connectivity index (χ0v) is 12.4. The van der Waals surface area contributed by atoms with Crippen LogP contribution in [0.5, 0.6) is 11.5 Å². The van der Waals surface area contributed by atoms with E-state index in [9.17, 15) is 13.6 Å². The van der Waals surface area contributed by atoms with Gasteiger partial charge in [0.1, 0.15) is 5.56 Å². The van der Waals surface area contributed by atoms with Crippen LogP contribution >= 0.6 is 15.9 Å². The average Bonchev–Trinajstić information content (AvgIpc) is 2.45. The van der Waals surface area contributed by atoms with Gasteiger partial charge in [-0.05, 0) is 24.3 Å². The van der Waals surface area contributed by atoms with E-state index in [0.717, 1.165) is 6.07 Å². The molecule has 0 aliphatic heterocycles. The zero-order valence-electron chi connectivity index (χ0n) is 10.8. The lowest BCUT2D eigenvalue weighted by molar-refractivity contribution is 0.0598. The lowest BCUT2D eigenvalue weighted by atomic mass is 10.1. The minimum atomic E-state index is -1.18. The third kappa shape index (κ3) is 3.13. The van der Waals surface area contributed by atoms with Gasteiger partial charge in [0, 0.05) is 4.47 Å². The maximum Gasteiger partial charge on any atom is 0.341 e. The fourth-order valence-corrected chi connectivity index (χ4v) is 2.06. The van der Waals surface area contributed by atoms with Crippen molar-refractivity contribution >= 4 is 27.6 Å². The Balaban J connectivity index is 2.52. The smallest absolute Gasteiger partial charge is 0.341 e. The molecule has 0 unspecified atom stereocenters. The van der Waals surface area contributed by atoms with Crippen LogP contribution in [0.25, 0.3) is 0 Å². The summed E-state index contributed by atoms with van der Waals surface area (Å²) in [6.45, 7) is 0. The minimum absolute atomic E-state index is 0.0114. The number of esters is 1. The number of hydrogen-bond donors (Lipinski definition) is 1. The van der Waals surface area contributed by atoms with Gasteiger partial charge in [-0.25, -0.2) is 9.18 Å². The van der Waals surface area contributed by atoms with Crippen molar-refractivity contribution in [3.05, 3.63) is 52.0 Å². The Morgan fingerprint density at radius 1 is 1.29 bits per heavy atom. The number of methoxy groups -OCH3 is 1. The van der Waals surface area contributed by atoms with Crippen LogP contribution in [0.15, 0.2) is 34.8 Å². The number of carbonyl (C=O) groups is 1. The summed E-state index contributed by atoms with van der Waals surface area (Å²) in [5, 5.41) is 0. The normalized spacial score (nSPS) is 10.3. The molecule has 0 spiro atoms. The van der Waals surface area contributed by atoms with E-state index in [0.29, 0.717) is 0 Å². The highest BCUT2D eigenvalue weighted by molar-refractivity contribution is 9.10. The predicted molar refractivity (Wildman–Crippen MR) is 76.3 cm³/mol. The maximum absolute atomic E-state index is 13.7. The molecule has 2 N–H and O–H groups in total. The molecule has 2 aromatic rings. The first-order valence-electron chi connectivity index (χ1n) is 5.73. The van der Waals surface area contributed by atoms with Crippen molar-refractivity contribution in [3.63, 3.8) is 0 Å². The molecule has 4 nitrogen and oxygen atoms in total. The Labute approximate surface area is 127 Å². The summed E-state index contributed by atoms with van der Waals surface area (Å²) in [4.78, 5) is 11.7. The maximum atomic E-state index is 13.7. The molecule has 7 heteroatoms. The Morgan fingerprint density at radius 3 is 2.67 bits per heavy atom. The number of nitrogen functional groups attached to an aromatic ring is 1. The number of hydrogen-bond acceptors (Lipinski definition) is 4. The van der Waals surface area contributed by atoms with Crippen LogP contribution in [-0.4, -0.2) is 13.1 Å². The molecule has 0 fully saturated rings.